The lowest BCUT2D eigenvalue weighted by Crippen LogP contribution is -2.63. The van der Waals surface area contributed by atoms with Gasteiger partial charge in [-0.1, -0.05) is 37.6 Å². The van der Waals surface area contributed by atoms with Gasteiger partial charge in [0.15, 0.2) is 17.4 Å². The number of likely N-dealkylation sites (N-methyl/N-ethyl adjacent to an activating group) is 1. The number of unbranched alkanes of at least 4 members (excludes halogenated alkanes) is 2. The Kier molecular flexibility index (Phi) is 5.27. The van der Waals surface area contributed by atoms with E-state index >= 15 is 0 Å². The van der Waals surface area contributed by atoms with Crippen LogP contribution in [0.2, 0.25) is 0 Å². The van der Waals surface area contributed by atoms with Crippen molar-refractivity contribution in [3.05, 3.63) is 12.7 Å². The molecule has 2 atom stereocenters. The highest BCUT2D eigenvalue weighted by atomic mass is 32.2. The van der Waals surface area contributed by atoms with E-state index in [0.29, 0.717) is 6.54 Å². The first-order chi connectivity index (χ1) is 10.1. The maximum Gasteiger partial charge on any atom is 0.325 e. The number of nitrogens with zero attached hydrogens (tertiary/aromatic N) is 3. The minimum atomic E-state index is -0.445. The average Bonchev–Trinajstić information content (AvgIpc) is 2.81. The highest BCUT2D eigenvalue weighted by molar-refractivity contribution is 8.13. The van der Waals surface area contributed by atoms with E-state index in [2.05, 4.69) is 23.8 Å². The van der Waals surface area contributed by atoms with Crippen LogP contribution >= 0.6 is 11.8 Å². The van der Waals surface area contributed by atoms with Gasteiger partial charge in [-0.15, -0.1) is 6.58 Å². The number of carbonyl (C=O) groups is 2. The van der Waals surface area contributed by atoms with Gasteiger partial charge >= 0.3 is 6.03 Å². The van der Waals surface area contributed by atoms with Crippen LogP contribution in [0.15, 0.2) is 17.6 Å². The van der Waals surface area contributed by atoms with Crippen LogP contribution in [0, 0.1) is 0 Å². The zero-order chi connectivity index (χ0) is 15.4. The van der Waals surface area contributed by atoms with Gasteiger partial charge in [-0.3, -0.25) is 10.1 Å². The third-order valence-electron chi connectivity index (χ3n) is 3.63. The zero-order valence-electron chi connectivity index (χ0n) is 12.5. The fourth-order valence-corrected chi connectivity index (χ4v) is 3.53. The Bertz CT molecular complexity index is 466. The molecule has 2 aliphatic heterocycles. The zero-order valence-corrected chi connectivity index (χ0v) is 13.4. The van der Waals surface area contributed by atoms with Crippen molar-refractivity contribution < 1.29 is 9.59 Å². The molecule has 0 aromatic heterocycles. The van der Waals surface area contributed by atoms with E-state index in [1.807, 2.05) is 4.90 Å². The van der Waals surface area contributed by atoms with Gasteiger partial charge < -0.3 is 9.80 Å². The Morgan fingerprint density at radius 1 is 1.43 bits per heavy atom. The normalized spacial score (nSPS) is 24.8. The molecule has 1 fully saturated rings. The molecule has 2 rings (SSSR count). The van der Waals surface area contributed by atoms with Gasteiger partial charge in [0.05, 0.1) is 0 Å². The minimum Gasteiger partial charge on any atom is -0.332 e. The summed E-state index contributed by atoms with van der Waals surface area (Å²) in [5, 5.41) is 3.21. The number of nitrogens with one attached hydrogen (secondary N) is 1. The first kappa shape index (κ1) is 15.9. The standard InChI is InChI=1S/C14H22N4O2S/c1-4-6-7-9-21-14-15-11-10(18(14)8-5-2)12(19)16-13(20)17(11)3/h5,10-11H,2,4,6-9H2,1,3H3,(H,16,19,20). The molecule has 2 heterocycles. The molecule has 6 nitrogen and oxygen atoms in total. The number of amidine groups is 1. The number of imide groups is 1. The number of thioether (sulfide) groups is 1. The fraction of sp³-hybridized carbons (Fsp3) is 0.643. The summed E-state index contributed by atoms with van der Waals surface area (Å²) >= 11 is 1.65. The maximum atomic E-state index is 12.1. The monoisotopic (exact) mass is 310 g/mol. The Hall–Kier alpha value is -1.50. The molecule has 7 heteroatoms. The summed E-state index contributed by atoms with van der Waals surface area (Å²) in [7, 11) is 1.67. The molecule has 21 heavy (non-hydrogen) atoms. The summed E-state index contributed by atoms with van der Waals surface area (Å²) in [6.45, 7) is 6.47. The van der Waals surface area contributed by atoms with E-state index < -0.39 is 12.2 Å². The predicted octanol–water partition coefficient (Wildman–Crippen LogP) is 1.64. The third-order valence-corrected chi connectivity index (χ3v) is 4.72. The van der Waals surface area contributed by atoms with E-state index in [4.69, 9.17) is 0 Å². The van der Waals surface area contributed by atoms with E-state index in [-0.39, 0.29) is 11.9 Å². The van der Waals surface area contributed by atoms with Crippen LogP contribution in [0.25, 0.3) is 0 Å². The van der Waals surface area contributed by atoms with Crippen LogP contribution in [0.1, 0.15) is 26.2 Å². The highest BCUT2D eigenvalue weighted by Crippen LogP contribution is 2.28. The summed E-state index contributed by atoms with van der Waals surface area (Å²) in [6, 6.07) is -0.833. The second-order valence-electron chi connectivity index (χ2n) is 5.17. The number of amides is 3. The molecule has 0 aromatic rings. The van der Waals surface area contributed by atoms with Crippen molar-refractivity contribution in [2.75, 3.05) is 19.3 Å². The molecule has 2 aliphatic rings. The Morgan fingerprint density at radius 3 is 2.86 bits per heavy atom. The average molecular weight is 310 g/mol. The Labute approximate surface area is 129 Å². The second kappa shape index (κ2) is 6.98. The van der Waals surface area contributed by atoms with Crippen LogP contribution in [-0.4, -0.2) is 58.5 Å². The molecule has 0 saturated carbocycles. The number of carbonyl (C=O) groups excluding carboxylic acids is 2. The van der Waals surface area contributed by atoms with Crippen molar-refractivity contribution in [3.8, 4) is 0 Å². The van der Waals surface area contributed by atoms with Gasteiger partial charge in [0, 0.05) is 19.3 Å². The van der Waals surface area contributed by atoms with Gasteiger partial charge in [-0.05, 0) is 6.42 Å². The number of aliphatic imine (C=N–C) groups is 1. The number of urea groups is 1. The van der Waals surface area contributed by atoms with Crippen LogP contribution in [0.5, 0.6) is 0 Å². The largest absolute Gasteiger partial charge is 0.332 e. The van der Waals surface area contributed by atoms with Gasteiger partial charge in [-0.25, -0.2) is 9.79 Å². The molecule has 0 bridgehead atoms. The van der Waals surface area contributed by atoms with E-state index in [1.54, 1.807) is 24.9 Å². The van der Waals surface area contributed by atoms with Crippen molar-refractivity contribution in [2.45, 2.75) is 38.4 Å². The first-order valence-corrected chi connectivity index (χ1v) is 8.24. The lowest BCUT2D eigenvalue weighted by Gasteiger charge is -2.35. The quantitative estimate of drug-likeness (QED) is 0.598. The molecule has 0 aromatic carbocycles. The van der Waals surface area contributed by atoms with Crippen LogP contribution in [-0.2, 0) is 4.79 Å². The minimum absolute atomic E-state index is 0.280. The first-order valence-electron chi connectivity index (χ1n) is 7.26. The van der Waals surface area contributed by atoms with Crippen molar-refractivity contribution >= 4 is 28.9 Å². The third kappa shape index (κ3) is 3.23. The fourth-order valence-electron chi connectivity index (χ4n) is 2.47. The lowest BCUT2D eigenvalue weighted by atomic mass is 10.1. The molecule has 3 amide bonds. The van der Waals surface area contributed by atoms with Crippen LogP contribution in [0.3, 0.4) is 0 Å². The number of rotatable bonds is 6. The van der Waals surface area contributed by atoms with E-state index in [9.17, 15) is 9.59 Å². The smallest absolute Gasteiger partial charge is 0.325 e. The molecular formula is C14H22N4O2S. The van der Waals surface area contributed by atoms with Crippen molar-refractivity contribution in [1.29, 1.82) is 0 Å². The van der Waals surface area contributed by atoms with Crippen molar-refractivity contribution in [1.82, 2.24) is 15.1 Å². The topological polar surface area (TPSA) is 65.0 Å². The summed E-state index contributed by atoms with van der Waals surface area (Å²) in [6.07, 6.45) is 4.81. The van der Waals surface area contributed by atoms with Gasteiger partial charge in [0.1, 0.15) is 0 Å². The SMILES string of the molecule is C=CCN1C(SCCCCC)=NC2C1C(=O)NC(=O)N2C. The van der Waals surface area contributed by atoms with E-state index in [0.717, 1.165) is 17.3 Å². The molecule has 0 aliphatic carbocycles. The number of fused-ring (bicyclic) bond motifs is 1. The highest BCUT2D eigenvalue weighted by Gasteiger charge is 2.48. The van der Waals surface area contributed by atoms with Gasteiger partial charge in [-0.2, -0.15) is 0 Å². The molecular weight excluding hydrogens is 288 g/mol. The van der Waals surface area contributed by atoms with Crippen LogP contribution < -0.4 is 5.32 Å². The predicted molar refractivity (Wildman–Crippen MR) is 85.2 cm³/mol. The molecule has 2 unspecified atom stereocenters. The molecule has 116 valence electrons. The molecule has 1 saturated heterocycles. The Morgan fingerprint density at radius 2 is 2.19 bits per heavy atom. The summed E-state index contributed by atoms with van der Waals surface area (Å²) < 4.78 is 0. The van der Waals surface area contributed by atoms with Gasteiger partial charge in [0.25, 0.3) is 5.91 Å². The second-order valence-corrected chi connectivity index (χ2v) is 6.23. The summed E-state index contributed by atoms with van der Waals surface area (Å²) in [4.78, 5) is 31.8. The Balaban J connectivity index is 2.12. The molecule has 0 radical (unpaired) electrons. The van der Waals surface area contributed by atoms with Crippen molar-refractivity contribution in [2.24, 2.45) is 4.99 Å². The maximum absolute atomic E-state index is 12.1. The number of hydrogen-bond donors (Lipinski definition) is 1. The van der Waals surface area contributed by atoms with Crippen LogP contribution in [0.4, 0.5) is 4.79 Å². The van der Waals surface area contributed by atoms with Crippen molar-refractivity contribution in [3.63, 3.8) is 0 Å². The summed E-state index contributed by atoms with van der Waals surface area (Å²) in [5.41, 5.74) is 0. The molecule has 0 spiro atoms. The number of hydrogen-bond acceptors (Lipinski definition) is 5. The van der Waals surface area contributed by atoms with Gasteiger partial charge in [0.2, 0.25) is 0 Å². The van der Waals surface area contributed by atoms with E-state index in [1.165, 1.54) is 17.7 Å². The summed E-state index contributed by atoms with van der Waals surface area (Å²) in [5.74, 6) is 0.692. The molecule has 1 N–H and O–H groups in total. The lowest BCUT2D eigenvalue weighted by molar-refractivity contribution is -0.126.